The highest BCUT2D eigenvalue weighted by Gasteiger charge is 2.09. The Balaban J connectivity index is 1.63. The summed E-state index contributed by atoms with van der Waals surface area (Å²) in [6.07, 6.45) is 0. The van der Waals surface area contributed by atoms with Gasteiger partial charge in [0.1, 0.15) is 5.75 Å². The average molecular weight is 494 g/mol. The second kappa shape index (κ2) is 10.0. The van der Waals surface area contributed by atoms with E-state index < -0.39 is 0 Å². The molecule has 0 aliphatic carbocycles. The molecule has 3 rings (SSSR count). The zero-order valence-corrected chi connectivity index (χ0v) is 18.7. The number of carbonyl (C=O) groups is 1. The van der Waals surface area contributed by atoms with Crippen LogP contribution in [0.25, 0.3) is 0 Å². The predicted molar refractivity (Wildman–Crippen MR) is 123 cm³/mol. The van der Waals surface area contributed by atoms with Crippen molar-refractivity contribution in [2.75, 3.05) is 17.2 Å². The van der Waals surface area contributed by atoms with E-state index in [1.165, 1.54) is 0 Å². The molecule has 0 heterocycles. The van der Waals surface area contributed by atoms with E-state index in [4.69, 9.17) is 27.9 Å². The maximum atomic E-state index is 12.2. The lowest BCUT2D eigenvalue weighted by molar-refractivity contribution is -0.118. The second-order valence-corrected chi connectivity index (χ2v) is 8.14. The fourth-order valence-electron chi connectivity index (χ4n) is 2.69. The largest absolute Gasteiger partial charge is 0.483 e. The molecular formula is C22H19BrCl2N2O2. The first-order valence-corrected chi connectivity index (χ1v) is 10.4. The molecule has 0 fully saturated rings. The molecule has 0 saturated carbocycles. The van der Waals surface area contributed by atoms with Crippen LogP contribution in [0.4, 0.5) is 11.4 Å². The van der Waals surface area contributed by atoms with Gasteiger partial charge in [-0.2, -0.15) is 0 Å². The number of aryl methyl sites for hydroxylation is 1. The lowest BCUT2D eigenvalue weighted by atomic mass is 10.2. The minimum atomic E-state index is -0.232. The SMILES string of the molecule is Cc1cccc(NC(=O)COc2ccc(Cl)cc2CNc2ccc(Br)c(Cl)c2)c1. The van der Waals surface area contributed by atoms with Crippen molar-refractivity contribution < 1.29 is 9.53 Å². The molecule has 0 aliphatic heterocycles. The fourth-order valence-corrected chi connectivity index (χ4v) is 3.32. The van der Waals surface area contributed by atoms with Crippen molar-refractivity contribution in [2.24, 2.45) is 0 Å². The number of amides is 1. The molecule has 0 spiro atoms. The molecule has 29 heavy (non-hydrogen) atoms. The van der Waals surface area contributed by atoms with Crippen LogP contribution in [0.15, 0.2) is 65.1 Å². The van der Waals surface area contributed by atoms with Gasteiger partial charge in [-0.15, -0.1) is 0 Å². The first-order valence-electron chi connectivity index (χ1n) is 8.87. The van der Waals surface area contributed by atoms with Crippen LogP contribution >= 0.6 is 39.1 Å². The number of anilines is 2. The number of nitrogens with one attached hydrogen (secondary N) is 2. The van der Waals surface area contributed by atoms with Gasteiger partial charge in [0, 0.05) is 33.0 Å². The zero-order chi connectivity index (χ0) is 20.8. The molecular weight excluding hydrogens is 475 g/mol. The molecule has 0 unspecified atom stereocenters. The molecule has 4 nitrogen and oxygen atoms in total. The number of carbonyl (C=O) groups excluding carboxylic acids is 1. The van der Waals surface area contributed by atoms with Crippen molar-refractivity contribution in [1.82, 2.24) is 0 Å². The van der Waals surface area contributed by atoms with Crippen LogP contribution in [-0.4, -0.2) is 12.5 Å². The van der Waals surface area contributed by atoms with Gasteiger partial charge in [0.15, 0.2) is 6.61 Å². The van der Waals surface area contributed by atoms with Gasteiger partial charge in [0.05, 0.1) is 5.02 Å². The summed E-state index contributed by atoms with van der Waals surface area (Å²) in [6.45, 7) is 2.33. The van der Waals surface area contributed by atoms with Crippen molar-refractivity contribution in [1.29, 1.82) is 0 Å². The van der Waals surface area contributed by atoms with Crippen molar-refractivity contribution in [3.8, 4) is 5.75 Å². The highest BCUT2D eigenvalue weighted by atomic mass is 79.9. The van der Waals surface area contributed by atoms with Crippen LogP contribution < -0.4 is 15.4 Å². The normalized spacial score (nSPS) is 10.5. The van der Waals surface area contributed by atoms with Crippen molar-refractivity contribution in [2.45, 2.75) is 13.5 Å². The van der Waals surface area contributed by atoms with Crippen molar-refractivity contribution in [3.63, 3.8) is 0 Å². The number of rotatable bonds is 7. The van der Waals surface area contributed by atoms with E-state index in [1.54, 1.807) is 12.1 Å². The summed E-state index contributed by atoms with van der Waals surface area (Å²) in [6, 6.07) is 18.5. The molecule has 7 heteroatoms. The Morgan fingerprint density at radius 3 is 2.62 bits per heavy atom. The topological polar surface area (TPSA) is 50.4 Å². The Kier molecular flexibility index (Phi) is 7.42. The third-order valence-electron chi connectivity index (χ3n) is 4.09. The van der Waals surface area contributed by atoms with Crippen molar-refractivity contribution in [3.05, 3.63) is 86.3 Å². The van der Waals surface area contributed by atoms with E-state index in [1.807, 2.05) is 55.5 Å². The first-order chi connectivity index (χ1) is 13.9. The van der Waals surface area contributed by atoms with Gasteiger partial charge in [0.25, 0.3) is 5.91 Å². The maximum Gasteiger partial charge on any atom is 0.262 e. The molecule has 0 radical (unpaired) electrons. The standard InChI is InChI=1S/C22H19BrCl2N2O2/c1-14-3-2-4-18(9-14)27-22(28)13-29-21-8-5-16(24)10-15(21)12-26-17-6-7-19(23)20(25)11-17/h2-11,26H,12-13H2,1H3,(H,27,28). The summed E-state index contributed by atoms with van der Waals surface area (Å²) in [5.74, 6) is 0.355. The van der Waals surface area contributed by atoms with E-state index in [0.717, 1.165) is 27.0 Å². The van der Waals surface area contributed by atoms with Gasteiger partial charge in [-0.25, -0.2) is 0 Å². The van der Waals surface area contributed by atoms with Gasteiger partial charge in [-0.05, 0) is 76.9 Å². The number of hydrogen-bond donors (Lipinski definition) is 2. The Bertz CT molecular complexity index is 1030. The molecule has 2 N–H and O–H groups in total. The zero-order valence-electron chi connectivity index (χ0n) is 15.6. The third kappa shape index (κ3) is 6.39. The molecule has 0 aromatic heterocycles. The van der Waals surface area contributed by atoms with Crippen LogP contribution in [0.2, 0.25) is 10.0 Å². The van der Waals surface area contributed by atoms with E-state index in [2.05, 4.69) is 26.6 Å². The molecule has 0 aliphatic rings. The van der Waals surface area contributed by atoms with Crippen molar-refractivity contribution >= 4 is 56.4 Å². The molecule has 0 bridgehead atoms. The van der Waals surface area contributed by atoms with E-state index in [0.29, 0.717) is 22.3 Å². The second-order valence-electron chi connectivity index (χ2n) is 6.44. The van der Waals surface area contributed by atoms with Gasteiger partial charge < -0.3 is 15.4 Å². The van der Waals surface area contributed by atoms with Gasteiger partial charge in [-0.1, -0.05) is 35.3 Å². The highest BCUT2D eigenvalue weighted by Crippen LogP contribution is 2.27. The minimum absolute atomic E-state index is 0.104. The lowest BCUT2D eigenvalue weighted by Crippen LogP contribution is -2.20. The summed E-state index contributed by atoms with van der Waals surface area (Å²) in [4.78, 5) is 12.2. The highest BCUT2D eigenvalue weighted by molar-refractivity contribution is 9.10. The van der Waals surface area contributed by atoms with Gasteiger partial charge >= 0.3 is 0 Å². The monoisotopic (exact) mass is 492 g/mol. The predicted octanol–water partition coefficient (Wildman–Crippen LogP) is 6.69. The molecule has 150 valence electrons. The minimum Gasteiger partial charge on any atom is -0.483 e. The van der Waals surface area contributed by atoms with Crippen LogP contribution in [0.5, 0.6) is 5.75 Å². The molecule has 0 atom stereocenters. The quantitative estimate of drug-likeness (QED) is 0.385. The van der Waals surface area contributed by atoms with Crippen LogP contribution in [0.1, 0.15) is 11.1 Å². The summed E-state index contributed by atoms with van der Waals surface area (Å²) >= 11 is 15.6. The van der Waals surface area contributed by atoms with E-state index in [9.17, 15) is 4.79 Å². The summed E-state index contributed by atoms with van der Waals surface area (Å²) in [5.41, 5.74) is 3.51. The molecule has 3 aromatic rings. The number of hydrogen-bond acceptors (Lipinski definition) is 3. The Morgan fingerprint density at radius 2 is 1.86 bits per heavy atom. The van der Waals surface area contributed by atoms with Crippen LogP contribution in [-0.2, 0) is 11.3 Å². The number of ether oxygens (including phenoxy) is 1. The first kappa shape index (κ1) is 21.5. The average Bonchev–Trinajstić information content (AvgIpc) is 2.68. The lowest BCUT2D eigenvalue weighted by Gasteiger charge is -2.14. The van der Waals surface area contributed by atoms with Crippen LogP contribution in [0, 0.1) is 6.92 Å². The van der Waals surface area contributed by atoms with Gasteiger partial charge in [-0.3, -0.25) is 4.79 Å². The summed E-state index contributed by atoms with van der Waals surface area (Å²) in [7, 11) is 0. The third-order valence-corrected chi connectivity index (χ3v) is 5.55. The van der Waals surface area contributed by atoms with E-state index >= 15 is 0 Å². The number of halogens is 3. The van der Waals surface area contributed by atoms with E-state index in [-0.39, 0.29) is 12.5 Å². The smallest absolute Gasteiger partial charge is 0.262 e. The molecule has 3 aromatic carbocycles. The fraction of sp³-hybridized carbons (Fsp3) is 0.136. The summed E-state index contributed by atoms with van der Waals surface area (Å²) in [5, 5.41) is 7.32. The Labute approximate surface area is 188 Å². The molecule has 1 amide bonds. The number of benzene rings is 3. The Hall–Kier alpha value is -2.21. The summed E-state index contributed by atoms with van der Waals surface area (Å²) < 4.78 is 6.57. The van der Waals surface area contributed by atoms with Gasteiger partial charge in [0.2, 0.25) is 0 Å². The molecule has 0 saturated heterocycles. The Morgan fingerprint density at radius 1 is 1.03 bits per heavy atom. The maximum absolute atomic E-state index is 12.2. The van der Waals surface area contributed by atoms with Crippen LogP contribution in [0.3, 0.4) is 0 Å².